The number of carbonyl (C=O) groups excluding carboxylic acids is 1. The van der Waals surface area contributed by atoms with Crippen LogP contribution in [-0.2, 0) is 19.7 Å². The van der Waals surface area contributed by atoms with E-state index in [4.69, 9.17) is 9.47 Å². The van der Waals surface area contributed by atoms with Crippen LogP contribution >= 0.6 is 0 Å². The second-order valence-electron chi connectivity index (χ2n) is 13.7. The number of rotatable bonds is 23. The fourth-order valence-electron chi connectivity index (χ4n) is 6.55. The minimum absolute atomic E-state index is 0.319. The summed E-state index contributed by atoms with van der Waals surface area (Å²) in [4.78, 5) is 14.2. The molecule has 0 saturated carbocycles. The Bertz CT molecular complexity index is 1130. The fraction of sp³-hybridized carbons (Fsp3) is 0.667. The first kappa shape index (κ1) is 41.0. The van der Waals surface area contributed by atoms with Gasteiger partial charge in [-0.2, -0.15) is 0 Å². The number of unbranched alkanes of at least 4 members (excludes halogenated alkanes) is 11. The van der Waals surface area contributed by atoms with Crippen LogP contribution in [0.2, 0.25) is 0 Å². The molecule has 1 fully saturated rings. The molecule has 8 atom stereocenters. The second-order valence-corrected chi connectivity index (χ2v) is 13.7. The van der Waals surface area contributed by atoms with Crippen molar-refractivity contribution in [1.82, 2.24) is 5.32 Å². The van der Waals surface area contributed by atoms with Gasteiger partial charge in [0.05, 0.1) is 30.8 Å². The lowest BCUT2D eigenvalue weighted by molar-refractivity contribution is -0.303. The summed E-state index contributed by atoms with van der Waals surface area (Å²) in [5.74, 6) is -0.441. The molecule has 7 N–H and O–H groups in total. The van der Waals surface area contributed by atoms with E-state index in [1.54, 1.807) is 6.92 Å². The number of ether oxygens (including phenoxy) is 2. The van der Waals surface area contributed by atoms with Crippen LogP contribution < -0.4 is 5.32 Å². The van der Waals surface area contributed by atoms with Crippen molar-refractivity contribution in [3.05, 3.63) is 71.8 Å². The summed E-state index contributed by atoms with van der Waals surface area (Å²) in [5.41, 5.74) is 0.266. The first-order valence-corrected chi connectivity index (χ1v) is 18.3. The van der Waals surface area contributed by atoms with E-state index in [0.717, 1.165) is 30.4 Å². The van der Waals surface area contributed by atoms with E-state index in [1.165, 1.54) is 51.4 Å². The molecular weight excluding hydrogens is 626 g/mol. The van der Waals surface area contributed by atoms with Crippen molar-refractivity contribution in [1.29, 1.82) is 0 Å². The van der Waals surface area contributed by atoms with E-state index in [1.807, 2.05) is 60.7 Å². The summed E-state index contributed by atoms with van der Waals surface area (Å²) in [6.45, 7) is 2.99. The molecule has 0 bridgehead atoms. The third-order valence-electron chi connectivity index (χ3n) is 9.92. The van der Waals surface area contributed by atoms with Crippen molar-refractivity contribution in [3.8, 4) is 0 Å². The molecule has 8 unspecified atom stereocenters. The summed E-state index contributed by atoms with van der Waals surface area (Å²) in [6.07, 6.45) is 4.25. The van der Waals surface area contributed by atoms with Gasteiger partial charge in [-0.15, -0.1) is 0 Å². The van der Waals surface area contributed by atoms with Gasteiger partial charge in [-0.1, -0.05) is 145 Å². The number of carbonyl (C=O) groups is 1. The zero-order valence-corrected chi connectivity index (χ0v) is 29.4. The highest BCUT2D eigenvalue weighted by molar-refractivity contribution is 5.91. The number of amides is 1. The average molecular weight is 688 g/mol. The second kappa shape index (κ2) is 21.7. The van der Waals surface area contributed by atoms with Crippen LogP contribution in [0, 0.1) is 0 Å². The topological polar surface area (TPSA) is 169 Å². The van der Waals surface area contributed by atoms with E-state index in [0.29, 0.717) is 12.8 Å². The van der Waals surface area contributed by atoms with Gasteiger partial charge in [-0.25, -0.2) is 0 Å². The van der Waals surface area contributed by atoms with Gasteiger partial charge in [0, 0.05) is 0 Å². The summed E-state index contributed by atoms with van der Waals surface area (Å²) in [5, 5.41) is 66.0. The highest BCUT2D eigenvalue weighted by Gasteiger charge is 2.45. The molecular formula is C39H61NO9. The lowest BCUT2D eigenvalue weighted by Gasteiger charge is -2.40. The minimum Gasteiger partial charge on any atom is -0.394 e. The largest absolute Gasteiger partial charge is 0.394 e. The molecule has 1 saturated heterocycles. The highest BCUT2D eigenvalue weighted by atomic mass is 16.7. The van der Waals surface area contributed by atoms with Gasteiger partial charge in [0.15, 0.2) is 6.29 Å². The standard InChI is InChI=1S/C39H61NO9/c1-3-4-5-6-7-8-9-10-11-12-13-20-25-31(42)33(43)30(27-48-37-36(46)35(45)34(44)32(26-41)49-37)40-38(47)39(2,28-21-16-14-17-22-28)29-23-18-15-19-24-29/h14-19,21-24,30-37,41-46H,3-13,20,25-27H2,1-2H3,(H,40,47). The van der Waals surface area contributed by atoms with Crippen molar-refractivity contribution in [2.24, 2.45) is 0 Å². The van der Waals surface area contributed by atoms with Crippen LogP contribution in [-0.4, -0.2) is 98.7 Å². The lowest BCUT2D eigenvalue weighted by Crippen LogP contribution is -2.60. The number of aliphatic hydroxyl groups is 6. The Labute approximate surface area is 292 Å². The molecule has 0 aromatic heterocycles. The van der Waals surface area contributed by atoms with Gasteiger partial charge in [0.25, 0.3) is 0 Å². The maximum atomic E-state index is 14.2. The molecule has 1 heterocycles. The normalized spacial score (nSPS) is 23.1. The van der Waals surface area contributed by atoms with Crippen molar-refractivity contribution in [2.75, 3.05) is 13.2 Å². The van der Waals surface area contributed by atoms with Gasteiger partial charge in [-0.05, 0) is 24.5 Å². The van der Waals surface area contributed by atoms with Crippen molar-refractivity contribution in [3.63, 3.8) is 0 Å². The van der Waals surface area contributed by atoms with E-state index < -0.39 is 73.5 Å². The molecule has 2 aromatic rings. The smallest absolute Gasteiger partial charge is 0.235 e. The molecule has 0 radical (unpaired) electrons. The Kier molecular flexibility index (Phi) is 18.2. The highest BCUT2D eigenvalue weighted by Crippen LogP contribution is 2.33. The number of benzene rings is 2. The molecule has 10 nitrogen and oxygen atoms in total. The number of aliphatic hydroxyl groups excluding tert-OH is 6. The van der Waals surface area contributed by atoms with Crippen molar-refractivity contribution >= 4 is 5.91 Å². The summed E-state index contributed by atoms with van der Waals surface area (Å²) >= 11 is 0. The van der Waals surface area contributed by atoms with Crippen LogP contribution in [0.15, 0.2) is 60.7 Å². The molecule has 1 amide bonds. The summed E-state index contributed by atoms with van der Waals surface area (Å²) < 4.78 is 11.3. The van der Waals surface area contributed by atoms with Crippen LogP contribution in [0.25, 0.3) is 0 Å². The molecule has 0 spiro atoms. The predicted molar refractivity (Wildman–Crippen MR) is 189 cm³/mol. The Balaban J connectivity index is 1.66. The van der Waals surface area contributed by atoms with Gasteiger partial charge in [0.1, 0.15) is 30.5 Å². The molecule has 0 aliphatic carbocycles. The zero-order valence-electron chi connectivity index (χ0n) is 29.4. The van der Waals surface area contributed by atoms with Crippen LogP contribution in [0.3, 0.4) is 0 Å². The first-order valence-electron chi connectivity index (χ1n) is 18.3. The quantitative estimate of drug-likeness (QED) is 0.0851. The van der Waals surface area contributed by atoms with Gasteiger partial charge in [0.2, 0.25) is 5.91 Å². The van der Waals surface area contributed by atoms with Gasteiger partial charge in [-0.3, -0.25) is 4.79 Å². The van der Waals surface area contributed by atoms with Crippen molar-refractivity contribution < 1.29 is 44.9 Å². The molecule has 1 aliphatic heterocycles. The monoisotopic (exact) mass is 687 g/mol. The fourth-order valence-corrected chi connectivity index (χ4v) is 6.55. The number of hydrogen-bond donors (Lipinski definition) is 7. The molecule has 10 heteroatoms. The summed E-state index contributed by atoms with van der Waals surface area (Å²) in [6, 6.07) is 17.4. The SMILES string of the molecule is CCCCCCCCCCCCCCC(O)C(O)C(COC1OC(CO)C(O)C(O)C1O)NC(=O)C(C)(c1ccccc1)c1ccccc1. The number of hydrogen-bond acceptors (Lipinski definition) is 9. The van der Waals surface area contributed by atoms with Crippen LogP contribution in [0.4, 0.5) is 0 Å². The minimum atomic E-state index is -1.66. The molecule has 1 aliphatic rings. The maximum absolute atomic E-state index is 14.2. The van der Waals surface area contributed by atoms with Gasteiger partial charge < -0.3 is 45.4 Å². The Morgan fingerprint density at radius 1 is 0.776 bits per heavy atom. The Morgan fingerprint density at radius 2 is 1.27 bits per heavy atom. The molecule has 276 valence electrons. The molecule has 2 aromatic carbocycles. The number of nitrogens with one attached hydrogen (secondary N) is 1. The van der Waals surface area contributed by atoms with Crippen LogP contribution in [0.1, 0.15) is 108 Å². The van der Waals surface area contributed by atoms with E-state index in [-0.39, 0.29) is 0 Å². The van der Waals surface area contributed by atoms with Crippen LogP contribution in [0.5, 0.6) is 0 Å². The van der Waals surface area contributed by atoms with E-state index in [2.05, 4.69) is 12.2 Å². The summed E-state index contributed by atoms with van der Waals surface area (Å²) in [7, 11) is 0. The van der Waals surface area contributed by atoms with E-state index >= 15 is 0 Å². The first-order chi connectivity index (χ1) is 23.6. The average Bonchev–Trinajstić information content (AvgIpc) is 3.13. The van der Waals surface area contributed by atoms with Crippen molar-refractivity contribution in [2.45, 2.75) is 152 Å². The Hall–Kier alpha value is -2.41. The third-order valence-corrected chi connectivity index (χ3v) is 9.92. The maximum Gasteiger partial charge on any atom is 0.235 e. The zero-order chi connectivity index (χ0) is 35.6. The Morgan fingerprint density at radius 3 is 1.76 bits per heavy atom. The van der Waals surface area contributed by atoms with Gasteiger partial charge >= 0.3 is 0 Å². The van der Waals surface area contributed by atoms with E-state index in [9.17, 15) is 35.4 Å². The molecule has 49 heavy (non-hydrogen) atoms. The molecule has 3 rings (SSSR count). The third kappa shape index (κ3) is 12.1. The lowest BCUT2D eigenvalue weighted by atomic mass is 9.75. The predicted octanol–water partition coefficient (Wildman–Crippen LogP) is 4.11.